The van der Waals surface area contributed by atoms with Crippen molar-refractivity contribution in [3.8, 4) is 0 Å². The summed E-state index contributed by atoms with van der Waals surface area (Å²) in [6.45, 7) is 8.63. The third-order valence-corrected chi connectivity index (χ3v) is 6.34. The molecule has 6 heteroatoms. The van der Waals surface area contributed by atoms with Gasteiger partial charge in [-0.05, 0) is 35.9 Å². The molecule has 2 aliphatic rings. The van der Waals surface area contributed by atoms with E-state index < -0.39 is 12.1 Å². The molecule has 1 amide bonds. The lowest BCUT2D eigenvalue weighted by atomic mass is 9.98. The Labute approximate surface area is 187 Å². The van der Waals surface area contributed by atoms with Gasteiger partial charge in [-0.25, -0.2) is 4.99 Å². The molecule has 0 saturated carbocycles. The molecule has 2 heterocycles. The number of fused-ring (bicyclic) bond motifs is 3. The molecule has 5 nitrogen and oxygen atoms in total. The first kappa shape index (κ1) is 21.0. The van der Waals surface area contributed by atoms with Crippen molar-refractivity contribution in [2.75, 3.05) is 18.0 Å². The number of nitrogen functional groups attached to an aromatic ring is 1. The fourth-order valence-electron chi connectivity index (χ4n) is 3.82. The van der Waals surface area contributed by atoms with Crippen LogP contribution in [-0.2, 0) is 16.1 Å². The number of hydrogen-bond acceptors (Lipinski definition) is 5. The van der Waals surface area contributed by atoms with Crippen molar-refractivity contribution in [2.24, 2.45) is 4.99 Å². The third-order valence-electron chi connectivity index (χ3n) is 5.32. The molecule has 0 saturated heterocycles. The number of anilines is 1. The van der Waals surface area contributed by atoms with E-state index in [0.29, 0.717) is 24.7 Å². The molecule has 2 aliphatic heterocycles. The van der Waals surface area contributed by atoms with Crippen molar-refractivity contribution < 1.29 is 9.53 Å². The molecule has 2 unspecified atom stereocenters. The zero-order valence-corrected chi connectivity index (χ0v) is 18.1. The van der Waals surface area contributed by atoms with Gasteiger partial charge in [-0.3, -0.25) is 4.79 Å². The predicted molar refractivity (Wildman–Crippen MR) is 128 cm³/mol. The maximum atomic E-state index is 13.5. The van der Waals surface area contributed by atoms with E-state index in [2.05, 4.69) is 13.2 Å². The van der Waals surface area contributed by atoms with Gasteiger partial charge in [0.2, 0.25) is 5.90 Å². The van der Waals surface area contributed by atoms with Gasteiger partial charge in [-0.2, -0.15) is 0 Å². The van der Waals surface area contributed by atoms with Crippen LogP contribution in [0.1, 0.15) is 22.8 Å². The number of ether oxygens (including phenoxy) is 1. The Balaban J connectivity index is 1.62. The predicted octanol–water partition coefficient (Wildman–Crippen LogP) is 4.49. The van der Waals surface area contributed by atoms with Crippen molar-refractivity contribution in [1.29, 1.82) is 0 Å². The highest BCUT2D eigenvalue weighted by Crippen LogP contribution is 2.38. The summed E-state index contributed by atoms with van der Waals surface area (Å²) in [6.07, 6.45) is 5.00. The van der Waals surface area contributed by atoms with Crippen molar-refractivity contribution in [3.63, 3.8) is 0 Å². The first-order chi connectivity index (χ1) is 15.1. The average Bonchev–Trinajstić information content (AvgIpc) is 3.19. The quantitative estimate of drug-likeness (QED) is 0.518. The topological polar surface area (TPSA) is 67.9 Å². The van der Waals surface area contributed by atoms with Gasteiger partial charge < -0.3 is 15.4 Å². The van der Waals surface area contributed by atoms with E-state index in [1.165, 1.54) is 0 Å². The van der Waals surface area contributed by atoms with Gasteiger partial charge >= 0.3 is 0 Å². The van der Waals surface area contributed by atoms with Crippen LogP contribution < -0.4 is 5.73 Å². The van der Waals surface area contributed by atoms with E-state index in [4.69, 9.17) is 15.5 Å². The van der Waals surface area contributed by atoms with Gasteiger partial charge in [-0.15, -0.1) is 11.8 Å². The highest BCUT2D eigenvalue weighted by Gasteiger charge is 2.43. The Morgan fingerprint density at radius 1 is 1.26 bits per heavy atom. The lowest BCUT2D eigenvalue weighted by molar-refractivity contribution is -0.133. The summed E-state index contributed by atoms with van der Waals surface area (Å²) in [5.41, 5.74) is 9.56. The number of aliphatic imine (C=N–C) groups is 1. The highest BCUT2D eigenvalue weighted by molar-refractivity contribution is 8.03. The molecule has 0 radical (unpaired) electrons. The standard InChI is InChI=1S/C25H25N3O2S/c1-3-8-20(4-2)31-14-13-28-16-18-15-19(26)11-12-21(18)23-22(25(28)29)27-24(30-23)17-9-6-5-7-10-17/h3-12,15,22-23H,1-2,13-14,16,26H2/b20-8+. The summed E-state index contributed by atoms with van der Waals surface area (Å²) in [5.74, 6) is 1.22. The summed E-state index contributed by atoms with van der Waals surface area (Å²) in [4.78, 5) is 21.1. The Morgan fingerprint density at radius 2 is 2.06 bits per heavy atom. The normalized spacial score (nSPS) is 20.3. The molecule has 0 aliphatic carbocycles. The first-order valence-electron chi connectivity index (χ1n) is 10.2. The van der Waals surface area contributed by atoms with Gasteiger partial charge in [0, 0.05) is 40.6 Å². The second-order valence-corrected chi connectivity index (χ2v) is 8.53. The van der Waals surface area contributed by atoms with Gasteiger partial charge in [-0.1, -0.05) is 49.6 Å². The van der Waals surface area contributed by atoms with E-state index in [9.17, 15) is 4.79 Å². The minimum atomic E-state index is -0.604. The lowest BCUT2D eigenvalue weighted by Crippen LogP contribution is -2.38. The number of nitrogens with two attached hydrogens (primary N) is 1. The van der Waals surface area contributed by atoms with Crippen LogP contribution in [0.5, 0.6) is 0 Å². The first-order valence-corrected chi connectivity index (χ1v) is 11.1. The maximum Gasteiger partial charge on any atom is 0.252 e. The maximum absolute atomic E-state index is 13.5. The fourth-order valence-corrected chi connectivity index (χ4v) is 4.67. The number of allylic oxidation sites excluding steroid dienone is 3. The average molecular weight is 432 g/mol. The second kappa shape index (κ2) is 9.27. The van der Waals surface area contributed by atoms with Crippen LogP contribution in [0.2, 0.25) is 0 Å². The van der Waals surface area contributed by atoms with Crippen molar-refractivity contribution in [1.82, 2.24) is 4.90 Å². The zero-order chi connectivity index (χ0) is 21.8. The molecule has 31 heavy (non-hydrogen) atoms. The van der Waals surface area contributed by atoms with E-state index in [1.54, 1.807) is 23.9 Å². The SMILES string of the molecule is C=C/C=C(\C=C)SCCN1Cc2cc(N)ccc2C2OC(c3ccccc3)=NC2C1=O. The summed E-state index contributed by atoms with van der Waals surface area (Å²) in [6, 6.07) is 14.8. The second-order valence-electron chi connectivity index (χ2n) is 7.36. The van der Waals surface area contributed by atoms with Gasteiger partial charge in [0.25, 0.3) is 5.91 Å². The van der Waals surface area contributed by atoms with Crippen molar-refractivity contribution in [3.05, 3.63) is 102 Å². The molecule has 0 aromatic heterocycles. The molecular formula is C25H25N3O2S. The van der Waals surface area contributed by atoms with Crippen LogP contribution in [0.4, 0.5) is 5.69 Å². The number of carbonyl (C=O) groups is 1. The van der Waals surface area contributed by atoms with Gasteiger partial charge in [0.1, 0.15) is 0 Å². The summed E-state index contributed by atoms with van der Waals surface area (Å²) in [5, 5.41) is 0. The Morgan fingerprint density at radius 3 is 2.81 bits per heavy atom. The minimum Gasteiger partial charge on any atom is -0.466 e. The molecule has 4 rings (SSSR count). The number of hydrogen-bond donors (Lipinski definition) is 1. The largest absolute Gasteiger partial charge is 0.466 e. The van der Waals surface area contributed by atoms with Gasteiger partial charge in [0.05, 0.1) is 0 Å². The third kappa shape index (κ3) is 4.44. The monoisotopic (exact) mass is 431 g/mol. The van der Waals surface area contributed by atoms with E-state index in [-0.39, 0.29) is 5.91 Å². The minimum absolute atomic E-state index is 0.0286. The molecule has 2 N–H and O–H groups in total. The smallest absolute Gasteiger partial charge is 0.252 e. The van der Waals surface area contributed by atoms with Gasteiger partial charge in [0.15, 0.2) is 12.1 Å². The number of carbonyl (C=O) groups excluding carboxylic acids is 1. The molecule has 0 spiro atoms. The molecule has 2 atom stereocenters. The molecule has 0 fully saturated rings. The number of nitrogens with zero attached hydrogens (tertiary/aromatic N) is 2. The summed E-state index contributed by atoms with van der Waals surface area (Å²) >= 11 is 1.64. The number of amides is 1. The molecule has 158 valence electrons. The molecule has 0 bridgehead atoms. The zero-order valence-electron chi connectivity index (χ0n) is 17.2. The van der Waals surface area contributed by atoms with Crippen LogP contribution in [0.3, 0.4) is 0 Å². The highest BCUT2D eigenvalue weighted by atomic mass is 32.2. The number of rotatable bonds is 7. The lowest BCUT2D eigenvalue weighted by Gasteiger charge is -2.22. The van der Waals surface area contributed by atoms with Crippen LogP contribution in [0.15, 0.2) is 89.8 Å². The van der Waals surface area contributed by atoms with E-state index in [0.717, 1.165) is 27.3 Å². The van der Waals surface area contributed by atoms with Crippen LogP contribution in [-0.4, -0.2) is 35.0 Å². The van der Waals surface area contributed by atoms with E-state index >= 15 is 0 Å². The number of benzene rings is 2. The summed E-state index contributed by atoms with van der Waals surface area (Å²) < 4.78 is 6.23. The fraction of sp³-hybridized carbons (Fsp3) is 0.200. The number of thioether (sulfide) groups is 1. The van der Waals surface area contributed by atoms with Crippen LogP contribution >= 0.6 is 11.8 Å². The van der Waals surface area contributed by atoms with E-state index in [1.807, 2.05) is 59.5 Å². The molecule has 2 aromatic carbocycles. The molecule has 2 aromatic rings. The molecular weight excluding hydrogens is 406 g/mol. The summed E-state index contributed by atoms with van der Waals surface area (Å²) in [7, 11) is 0. The van der Waals surface area contributed by atoms with Crippen LogP contribution in [0.25, 0.3) is 0 Å². The Bertz CT molecular complexity index is 1060. The van der Waals surface area contributed by atoms with Crippen molar-refractivity contribution in [2.45, 2.75) is 18.7 Å². The van der Waals surface area contributed by atoms with Crippen LogP contribution in [0, 0.1) is 0 Å². The van der Waals surface area contributed by atoms with Crippen molar-refractivity contribution >= 4 is 29.3 Å². The Hall–Kier alpha value is -3.25. The Kier molecular flexibility index (Phi) is 6.28.